The average Bonchev–Trinajstić information content (AvgIpc) is 3.36. The molecule has 0 atom stereocenters. The first kappa shape index (κ1) is 21.1. The Balaban J connectivity index is 1.40. The number of nitrogens with one attached hydrogen (secondary N) is 2. The maximum Gasteiger partial charge on any atom is 0.293 e. The SMILES string of the molecule is Cc1cc(C)c(OCC(=O)Nc2ccc3nc(NC(=O)c4ccco4)sc3c2)c(Br)c1. The van der Waals surface area contributed by atoms with Gasteiger partial charge < -0.3 is 14.5 Å². The van der Waals surface area contributed by atoms with Crippen LogP contribution in [0.5, 0.6) is 5.75 Å². The molecule has 2 aromatic carbocycles. The van der Waals surface area contributed by atoms with Crippen LogP contribution in [0.15, 0.2) is 57.6 Å². The Labute approximate surface area is 190 Å². The van der Waals surface area contributed by atoms with E-state index >= 15 is 0 Å². The second kappa shape index (κ2) is 8.91. The highest BCUT2D eigenvalue weighted by atomic mass is 79.9. The highest BCUT2D eigenvalue weighted by Crippen LogP contribution is 2.31. The molecule has 4 rings (SSSR count). The fourth-order valence-electron chi connectivity index (χ4n) is 3.04. The summed E-state index contributed by atoms with van der Waals surface area (Å²) in [7, 11) is 0. The van der Waals surface area contributed by atoms with Crippen molar-refractivity contribution < 1.29 is 18.7 Å². The van der Waals surface area contributed by atoms with Crippen molar-refractivity contribution in [2.75, 3.05) is 17.2 Å². The highest BCUT2D eigenvalue weighted by Gasteiger charge is 2.13. The first-order chi connectivity index (χ1) is 14.9. The number of anilines is 2. The summed E-state index contributed by atoms with van der Waals surface area (Å²) in [5.41, 5.74) is 3.40. The monoisotopic (exact) mass is 499 g/mol. The van der Waals surface area contributed by atoms with E-state index in [1.165, 1.54) is 17.6 Å². The van der Waals surface area contributed by atoms with E-state index in [0.717, 1.165) is 20.3 Å². The van der Waals surface area contributed by atoms with Gasteiger partial charge in [-0.2, -0.15) is 0 Å². The lowest BCUT2D eigenvalue weighted by atomic mass is 10.1. The third kappa shape index (κ3) is 4.95. The Hall–Kier alpha value is -3.17. The Morgan fingerprint density at radius 3 is 2.74 bits per heavy atom. The molecule has 31 heavy (non-hydrogen) atoms. The van der Waals surface area contributed by atoms with Crippen molar-refractivity contribution in [3.63, 3.8) is 0 Å². The van der Waals surface area contributed by atoms with Crippen molar-refractivity contribution in [3.8, 4) is 5.75 Å². The number of amides is 2. The van der Waals surface area contributed by atoms with Crippen LogP contribution in [-0.2, 0) is 4.79 Å². The number of rotatable bonds is 6. The summed E-state index contributed by atoms with van der Waals surface area (Å²) >= 11 is 4.78. The van der Waals surface area contributed by atoms with Crippen LogP contribution in [0.2, 0.25) is 0 Å². The van der Waals surface area contributed by atoms with E-state index in [4.69, 9.17) is 9.15 Å². The minimum absolute atomic E-state index is 0.117. The van der Waals surface area contributed by atoms with Crippen molar-refractivity contribution in [1.29, 1.82) is 0 Å². The third-order valence-electron chi connectivity index (χ3n) is 4.36. The quantitative estimate of drug-likeness (QED) is 0.363. The largest absolute Gasteiger partial charge is 0.482 e. The topological polar surface area (TPSA) is 93.5 Å². The van der Waals surface area contributed by atoms with Gasteiger partial charge in [0.15, 0.2) is 17.5 Å². The van der Waals surface area contributed by atoms with E-state index in [1.807, 2.05) is 26.0 Å². The average molecular weight is 500 g/mol. The van der Waals surface area contributed by atoms with E-state index in [2.05, 4.69) is 31.5 Å². The zero-order valence-electron chi connectivity index (χ0n) is 16.7. The molecule has 0 spiro atoms. The highest BCUT2D eigenvalue weighted by molar-refractivity contribution is 9.10. The molecule has 0 unspecified atom stereocenters. The van der Waals surface area contributed by atoms with Crippen LogP contribution < -0.4 is 15.4 Å². The fraction of sp³-hybridized carbons (Fsp3) is 0.136. The van der Waals surface area contributed by atoms with Crippen LogP contribution in [-0.4, -0.2) is 23.4 Å². The number of carbonyl (C=O) groups excluding carboxylic acids is 2. The minimum Gasteiger partial charge on any atom is -0.482 e. The van der Waals surface area contributed by atoms with Crippen LogP contribution >= 0.6 is 27.3 Å². The van der Waals surface area contributed by atoms with E-state index < -0.39 is 0 Å². The molecule has 9 heteroatoms. The molecule has 0 saturated carbocycles. The van der Waals surface area contributed by atoms with Gasteiger partial charge in [0, 0.05) is 5.69 Å². The summed E-state index contributed by atoms with van der Waals surface area (Å²) in [5, 5.41) is 5.98. The summed E-state index contributed by atoms with van der Waals surface area (Å²) < 4.78 is 12.4. The Morgan fingerprint density at radius 1 is 1.16 bits per heavy atom. The predicted molar refractivity (Wildman–Crippen MR) is 124 cm³/mol. The smallest absolute Gasteiger partial charge is 0.293 e. The molecule has 4 aromatic rings. The lowest BCUT2D eigenvalue weighted by molar-refractivity contribution is -0.118. The molecule has 0 saturated heterocycles. The summed E-state index contributed by atoms with van der Waals surface area (Å²) in [6, 6.07) is 12.5. The molecule has 7 nitrogen and oxygen atoms in total. The van der Waals surface area contributed by atoms with Gasteiger partial charge >= 0.3 is 0 Å². The Bertz CT molecular complexity index is 1240. The number of thiazole rings is 1. The number of benzene rings is 2. The molecule has 2 amide bonds. The maximum atomic E-state index is 12.4. The van der Waals surface area contributed by atoms with Crippen LogP contribution in [0.3, 0.4) is 0 Å². The third-order valence-corrected chi connectivity index (χ3v) is 5.88. The number of hydrogen-bond acceptors (Lipinski definition) is 6. The van der Waals surface area contributed by atoms with Gasteiger partial charge in [-0.15, -0.1) is 0 Å². The van der Waals surface area contributed by atoms with Crippen molar-refractivity contribution in [1.82, 2.24) is 4.98 Å². The molecule has 0 aliphatic heterocycles. The number of hydrogen-bond donors (Lipinski definition) is 2. The van der Waals surface area contributed by atoms with Crippen LogP contribution in [0.1, 0.15) is 21.7 Å². The van der Waals surface area contributed by atoms with Crippen molar-refractivity contribution in [2.24, 2.45) is 0 Å². The standard InChI is InChI=1S/C22H18BrN3O4S/c1-12-8-13(2)20(15(23)9-12)30-11-19(27)24-14-5-6-16-18(10-14)31-22(25-16)26-21(28)17-4-3-7-29-17/h3-10H,11H2,1-2H3,(H,24,27)(H,25,26,28). The normalized spacial score (nSPS) is 10.8. The number of furan rings is 1. The number of nitrogens with zero attached hydrogens (tertiary/aromatic N) is 1. The molecule has 0 aliphatic rings. The van der Waals surface area contributed by atoms with E-state index in [-0.39, 0.29) is 24.2 Å². The van der Waals surface area contributed by atoms with Gasteiger partial charge in [-0.3, -0.25) is 14.9 Å². The van der Waals surface area contributed by atoms with Gasteiger partial charge in [-0.05, 0) is 77.3 Å². The first-order valence-electron chi connectivity index (χ1n) is 9.34. The first-order valence-corrected chi connectivity index (χ1v) is 10.9. The van der Waals surface area contributed by atoms with Gasteiger partial charge in [-0.25, -0.2) is 4.98 Å². The molecular weight excluding hydrogens is 482 g/mol. The van der Waals surface area contributed by atoms with Crippen molar-refractivity contribution in [3.05, 3.63) is 70.1 Å². The summed E-state index contributed by atoms with van der Waals surface area (Å²) in [6.45, 7) is 3.82. The molecule has 2 N–H and O–H groups in total. The number of ether oxygens (including phenoxy) is 1. The molecule has 0 bridgehead atoms. The van der Waals surface area contributed by atoms with Gasteiger partial charge in [0.05, 0.1) is 21.0 Å². The predicted octanol–water partition coefficient (Wildman–Crippen LogP) is 5.54. The summed E-state index contributed by atoms with van der Waals surface area (Å²) in [4.78, 5) is 28.9. The lowest BCUT2D eigenvalue weighted by Crippen LogP contribution is -2.20. The molecule has 2 heterocycles. The van der Waals surface area contributed by atoms with E-state index in [0.29, 0.717) is 22.1 Å². The summed E-state index contributed by atoms with van der Waals surface area (Å²) in [6.07, 6.45) is 1.44. The molecule has 158 valence electrons. The van der Waals surface area contributed by atoms with Crippen LogP contribution in [0.25, 0.3) is 10.2 Å². The fourth-order valence-corrected chi connectivity index (χ4v) is 4.73. The molecule has 2 aromatic heterocycles. The van der Waals surface area contributed by atoms with Gasteiger partial charge in [0.2, 0.25) is 0 Å². The maximum absolute atomic E-state index is 12.4. The van der Waals surface area contributed by atoms with Crippen LogP contribution in [0.4, 0.5) is 10.8 Å². The van der Waals surface area contributed by atoms with E-state index in [1.54, 1.807) is 30.3 Å². The number of fused-ring (bicyclic) bond motifs is 1. The molecule has 0 fully saturated rings. The molecular formula is C22H18BrN3O4S. The second-order valence-electron chi connectivity index (χ2n) is 6.86. The molecule has 0 radical (unpaired) electrons. The van der Waals surface area contributed by atoms with Crippen molar-refractivity contribution >= 4 is 60.1 Å². The lowest BCUT2D eigenvalue weighted by Gasteiger charge is -2.12. The Kier molecular flexibility index (Phi) is 6.06. The number of aryl methyl sites for hydroxylation is 2. The number of halogens is 1. The zero-order valence-corrected chi connectivity index (χ0v) is 19.1. The van der Waals surface area contributed by atoms with Gasteiger partial charge in [0.25, 0.3) is 11.8 Å². The minimum atomic E-state index is -0.368. The Morgan fingerprint density at radius 2 is 2.00 bits per heavy atom. The van der Waals surface area contributed by atoms with Gasteiger partial charge in [-0.1, -0.05) is 17.4 Å². The van der Waals surface area contributed by atoms with Crippen LogP contribution in [0, 0.1) is 13.8 Å². The van der Waals surface area contributed by atoms with E-state index in [9.17, 15) is 9.59 Å². The number of carbonyl (C=O) groups is 2. The summed E-state index contributed by atoms with van der Waals surface area (Å²) in [5.74, 6) is 0.215. The van der Waals surface area contributed by atoms with Crippen molar-refractivity contribution in [2.45, 2.75) is 13.8 Å². The zero-order chi connectivity index (χ0) is 22.0. The second-order valence-corrected chi connectivity index (χ2v) is 8.75. The molecule has 0 aliphatic carbocycles. The van der Waals surface area contributed by atoms with Gasteiger partial charge in [0.1, 0.15) is 5.75 Å². The number of aromatic nitrogens is 1.